The van der Waals surface area contributed by atoms with Gasteiger partial charge in [-0.3, -0.25) is 14.5 Å². The number of hydrogen-bond donors (Lipinski definition) is 1. The summed E-state index contributed by atoms with van der Waals surface area (Å²) in [5.41, 5.74) is 2.69. The number of nitrogens with one attached hydrogen (secondary N) is 1. The second-order valence-electron chi connectivity index (χ2n) is 10.6. The topological polar surface area (TPSA) is 90.0 Å². The van der Waals surface area contributed by atoms with Gasteiger partial charge < -0.3 is 9.80 Å². The first-order valence-electron chi connectivity index (χ1n) is 13.4. The molecule has 3 aliphatic heterocycles. The minimum atomic E-state index is -3.90. The van der Waals surface area contributed by atoms with Crippen LogP contribution in [-0.2, 0) is 32.7 Å². The molecule has 0 spiro atoms. The van der Waals surface area contributed by atoms with E-state index in [2.05, 4.69) is 33.9 Å². The molecule has 2 amide bonds. The third-order valence-electron chi connectivity index (χ3n) is 7.95. The van der Waals surface area contributed by atoms with Crippen molar-refractivity contribution in [2.45, 2.75) is 55.1 Å². The van der Waals surface area contributed by atoms with Crippen LogP contribution in [0.4, 0.5) is 0 Å². The van der Waals surface area contributed by atoms with Gasteiger partial charge >= 0.3 is 0 Å². The van der Waals surface area contributed by atoms with Crippen LogP contribution in [0.3, 0.4) is 0 Å². The molecule has 206 valence electrons. The molecule has 2 atom stereocenters. The van der Waals surface area contributed by atoms with Gasteiger partial charge in [0.1, 0.15) is 10.3 Å². The number of carbonyl (C=O) groups excluding carboxylic acids is 2. The minimum Gasteiger partial charge on any atom is -0.337 e. The first kappa shape index (κ1) is 26.7. The molecule has 0 radical (unpaired) electrons. The van der Waals surface area contributed by atoms with Crippen molar-refractivity contribution < 1.29 is 18.0 Å². The van der Waals surface area contributed by atoms with Crippen molar-refractivity contribution in [1.82, 2.24) is 19.4 Å². The highest BCUT2D eigenvalue weighted by atomic mass is 35.5. The van der Waals surface area contributed by atoms with Gasteiger partial charge in [0.05, 0.1) is 6.54 Å². The molecule has 3 aliphatic rings. The maximum atomic E-state index is 13.4. The number of thiophene rings is 1. The molecule has 39 heavy (non-hydrogen) atoms. The summed E-state index contributed by atoms with van der Waals surface area (Å²) in [6.07, 6.45) is 2.94. The van der Waals surface area contributed by atoms with E-state index in [9.17, 15) is 18.0 Å². The lowest BCUT2D eigenvalue weighted by Crippen LogP contribution is -2.55. The lowest BCUT2D eigenvalue weighted by atomic mass is 10.1. The first-order chi connectivity index (χ1) is 18.8. The molecule has 8 nitrogen and oxygen atoms in total. The van der Waals surface area contributed by atoms with E-state index in [-0.39, 0.29) is 28.6 Å². The fraction of sp³-hybridized carbons (Fsp3) is 0.429. The predicted molar refractivity (Wildman–Crippen MR) is 152 cm³/mol. The van der Waals surface area contributed by atoms with Crippen LogP contribution in [0.2, 0.25) is 5.02 Å². The Balaban J connectivity index is 1.08. The smallest absolute Gasteiger partial charge is 0.250 e. The second-order valence-corrected chi connectivity index (χ2v) is 14.1. The number of halogens is 1. The molecule has 2 saturated heterocycles. The van der Waals surface area contributed by atoms with Gasteiger partial charge in [-0.2, -0.15) is 4.72 Å². The highest BCUT2D eigenvalue weighted by Gasteiger charge is 2.37. The molecule has 1 N–H and O–H groups in total. The van der Waals surface area contributed by atoms with Crippen LogP contribution in [0.5, 0.6) is 0 Å². The maximum absolute atomic E-state index is 13.4. The number of benzene rings is 2. The number of piperidine rings is 1. The standard InChI is InChI=1S/C28H31ClN4O4S2/c29-22-9-10-25-21(13-22)14-27(38-25)39(36,37)30-24-8-4-11-32(28(24)35)18-26(34)33-12-3-7-23(33)17-31-15-19-5-1-2-6-20(19)16-31/h1-2,5-6,9-10,13-14,23-24,30H,3-4,7-8,11-12,15-18H2. The monoisotopic (exact) mass is 586 g/mol. The number of rotatable bonds is 7. The largest absolute Gasteiger partial charge is 0.337 e. The quantitative estimate of drug-likeness (QED) is 0.454. The Bertz CT molecular complexity index is 1500. The van der Waals surface area contributed by atoms with Crippen molar-refractivity contribution in [3.05, 3.63) is 64.7 Å². The zero-order valence-corrected chi connectivity index (χ0v) is 23.9. The van der Waals surface area contributed by atoms with Crippen LogP contribution in [0.15, 0.2) is 52.7 Å². The summed E-state index contributed by atoms with van der Waals surface area (Å²) in [7, 11) is -3.90. The molecule has 2 unspecified atom stereocenters. The number of fused-ring (bicyclic) bond motifs is 2. The van der Waals surface area contributed by atoms with Crippen molar-refractivity contribution in [3.63, 3.8) is 0 Å². The molecule has 0 saturated carbocycles. The van der Waals surface area contributed by atoms with Crippen molar-refractivity contribution >= 4 is 54.9 Å². The molecular weight excluding hydrogens is 556 g/mol. The van der Waals surface area contributed by atoms with Crippen molar-refractivity contribution in [3.8, 4) is 0 Å². The lowest BCUT2D eigenvalue weighted by molar-refractivity contribution is -0.143. The summed E-state index contributed by atoms with van der Waals surface area (Å²) < 4.78 is 29.8. The predicted octanol–water partition coefficient (Wildman–Crippen LogP) is 3.83. The van der Waals surface area contributed by atoms with Crippen LogP contribution in [0, 0.1) is 0 Å². The Kier molecular flexibility index (Phi) is 7.41. The normalized spacial score (nSPS) is 22.1. The minimum absolute atomic E-state index is 0.0187. The molecular formula is C28H31ClN4O4S2. The summed E-state index contributed by atoms with van der Waals surface area (Å²) in [5.74, 6) is -0.402. The van der Waals surface area contributed by atoms with E-state index in [1.54, 1.807) is 24.3 Å². The van der Waals surface area contributed by atoms with E-state index < -0.39 is 16.1 Å². The molecule has 4 heterocycles. The number of likely N-dealkylation sites (tertiary alicyclic amines) is 2. The van der Waals surface area contributed by atoms with Crippen molar-refractivity contribution in [2.24, 2.45) is 0 Å². The fourth-order valence-corrected chi connectivity index (χ4v) is 8.81. The molecule has 2 aromatic carbocycles. The SMILES string of the molecule is O=C1C(NS(=O)(=O)c2cc3cc(Cl)ccc3s2)CCCN1CC(=O)N1CCCC1CN1Cc2ccccc2C1. The number of amides is 2. The zero-order chi connectivity index (χ0) is 27.1. The van der Waals surface area contributed by atoms with Crippen LogP contribution in [0.1, 0.15) is 36.8 Å². The van der Waals surface area contributed by atoms with Gasteiger partial charge in [-0.05, 0) is 66.5 Å². The first-order valence-corrected chi connectivity index (χ1v) is 16.0. The Morgan fingerprint density at radius 3 is 2.54 bits per heavy atom. The zero-order valence-electron chi connectivity index (χ0n) is 21.5. The Labute approximate surface area is 237 Å². The number of nitrogens with zero attached hydrogens (tertiary/aromatic N) is 3. The summed E-state index contributed by atoms with van der Waals surface area (Å²) in [6.45, 7) is 3.73. The van der Waals surface area contributed by atoms with Crippen molar-refractivity contribution in [2.75, 3.05) is 26.2 Å². The average Bonchev–Trinajstić information content (AvgIpc) is 3.64. The van der Waals surface area contributed by atoms with E-state index in [0.717, 1.165) is 53.9 Å². The van der Waals surface area contributed by atoms with Gasteiger partial charge in [0.2, 0.25) is 11.8 Å². The van der Waals surface area contributed by atoms with Crippen LogP contribution in [0.25, 0.3) is 10.1 Å². The fourth-order valence-electron chi connectivity index (χ4n) is 6.01. The van der Waals surface area contributed by atoms with Gasteiger partial charge in [0.15, 0.2) is 0 Å². The average molecular weight is 587 g/mol. The van der Waals surface area contributed by atoms with E-state index >= 15 is 0 Å². The molecule has 11 heteroatoms. The summed E-state index contributed by atoms with van der Waals surface area (Å²) >= 11 is 7.19. The molecule has 0 bridgehead atoms. The molecule has 6 rings (SSSR count). The Hall–Kier alpha value is -2.50. The summed E-state index contributed by atoms with van der Waals surface area (Å²) in [6, 6.07) is 14.5. The van der Waals surface area contributed by atoms with Gasteiger partial charge in [-0.15, -0.1) is 11.3 Å². The highest BCUT2D eigenvalue weighted by molar-refractivity contribution is 7.91. The number of sulfonamides is 1. The third kappa shape index (κ3) is 5.58. The van der Waals surface area contributed by atoms with E-state index in [4.69, 9.17) is 11.6 Å². The van der Waals surface area contributed by atoms with Crippen LogP contribution < -0.4 is 4.72 Å². The van der Waals surface area contributed by atoms with Gasteiger partial charge in [0, 0.05) is 48.5 Å². The highest BCUT2D eigenvalue weighted by Crippen LogP contribution is 2.31. The lowest BCUT2D eigenvalue weighted by Gasteiger charge is -2.34. The van der Waals surface area contributed by atoms with Gasteiger partial charge in [-0.25, -0.2) is 8.42 Å². The molecule has 1 aromatic heterocycles. The summed E-state index contributed by atoms with van der Waals surface area (Å²) in [5, 5.41) is 1.28. The maximum Gasteiger partial charge on any atom is 0.250 e. The van der Waals surface area contributed by atoms with E-state index in [0.29, 0.717) is 31.0 Å². The Morgan fingerprint density at radius 1 is 1.03 bits per heavy atom. The van der Waals surface area contributed by atoms with E-state index in [1.165, 1.54) is 16.0 Å². The Morgan fingerprint density at radius 2 is 1.77 bits per heavy atom. The number of carbonyl (C=O) groups is 2. The number of hydrogen-bond acceptors (Lipinski definition) is 6. The van der Waals surface area contributed by atoms with Gasteiger partial charge in [-0.1, -0.05) is 35.9 Å². The van der Waals surface area contributed by atoms with Crippen LogP contribution >= 0.6 is 22.9 Å². The second kappa shape index (κ2) is 10.8. The molecule has 0 aliphatic carbocycles. The molecule has 3 aromatic rings. The van der Waals surface area contributed by atoms with E-state index in [1.807, 2.05) is 4.90 Å². The van der Waals surface area contributed by atoms with Gasteiger partial charge in [0.25, 0.3) is 10.0 Å². The third-order valence-corrected chi connectivity index (χ3v) is 11.2. The molecule has 2 fully saturated rings. The summed E-state index contributed by atoms with van der Waals surface area (Å²) in [4.78, 5) is 32.5. The van der Waals surface area contributed by atoms with Crippen molar-refractivity contribution in [1.29, 1.82) is 0 Å². The van der Waals surface area contributed by atoms with Crippen LogP contribution in [-0.4, -0.2) is 73.2 Å².